The molecule has 0 amide bonds. The summed E-state index contributed by atoms with van der Waals surface area (Å²) in [6.45, 7) is -10.8. The van der Waals surface area contributed by atoms with Crippen LogP contribution in [-0.4, -0.2) is 58.9 Å². The molecule has 0 saturated carbocycles. The normalized spacial score (nSPS) is 11.8. The summed E-state index contributed by atoms with van der Waals surface area (Å²) in [5, 5.41) is 0. The van der Waals surface area contributed by atoms with E-state index < -0.39 is 71.3 Å². The van der Waals surface area contributed by atoms with Gasteiger partial charge in [-0.3, -0.25) is 4.39 Å². The number of thiol groups is 1. The van der Waals surface area contributed by atoms with Crippen LogP contribution in [0.15, 0.2) is 0 Å². The Kier molecular flexibility index (Phi) is 46.4. The summed E-state index contributed by atoms with van der Waals surface area (Å²) in [5.74, 6) is -2.23. The van der Waals surface area contributed by atoms with E-state index in [2.05, 4.69) is 12.6 Å². The third-order valence-corrected chi connectivity index (χ3v) is 1.49. The summed E-state index contributed by atoms with van der Waals surface area (Å²) in [5.41, 5.74) is -1.92. The highest BCUT2D eigenvalue weighted by Gasteiger charge is 2.40. The zero-order valence-electron chi connectivity index (χ0n) is 14.0. The van der Waals surface area contributed by atoms with E-state index in [0.29, 0.717) is 0 Å². The quantitative estimate of drug-likeness (QED) is 0.294. The molecule has 2 atom stereocenters. The Balaban J connectivity index is -0.0000000621. The first-order valence-electron chi connectivity index (χ1n) is 6.15. The Hall–Kier alpha value is -0.840. The van der Waals surface area contributed by atoms with Gasteiger partial charge in [0.15, 0.2) is 6.67 Å². The Morgan fingerprint density at radius 2 is 0.793 bits per heavy atom. The number of rotatable bonds is 3. The molecular weight excluding hydrogens is 487 g/mol. The molecule has 0 aliphatic rings. The summed E-state index contributed by atoms with van der Waals surface area (Å²) < 4.78 is 177. The first-order valence-corrected chi connectivity index (χ1v) is 6.67. The monoisotopic (exact) mass is 504 g/mol. The second-order valence-electron chi connectivity index (χ2n) is 3.22. The Morgan fingerprint density at radius 1 is 0.586 bits per heavy atom. The van der Waals surface area contributed by atoms with Crippen molar-refractivity contribution in [1.82, 2.24) is 0 Å². The van der Waals surface area contributed by atoms with Gasteiger partial charge in [0.25, 0.3) is 0 Å². The Bertz CT molecular complexity index is 237. The minimum Gasteiger partial charge on any atom is -0.250 e. The molecule has 0 aromatic heterocycles. The number of alkyl halides is 17. The minimum atomic E-state index is -4.66. The molecule has 0 aromatic carbocycles. The first-order chi connectivity index (χ1) is 13.1. The van der Waals surface area contributed by atoms with Gasteiger partial charge in [-0.1, -0.05) is 0 Å². The molecule has 0 nitrogen and oxygen atoms in total. The lowest BCUT2D eigenvalue weighted by molar-refractivity contribution is -0.181. The zero-order valence-corrected chi connectivity index (χ0v) is 14.9. The molecular formula is C11H17F17S. The van der Waals surface area contributed by atoms with Crippen LogP contribution in [0.2, 0.25) is 0 Å². The molecule has 0 aliphatic carbocycles. The Labute approximate surface area is 159 Å². The van der Waals surface area contributed by atoms with Gasteiger partial charge in [-0.25, -0.2) is 43.9 Å². The van der Waals surface area contributed by atoms with Crippen LogP contribution in [0.1, 0.15) is 6.42 Å². The third-order valence-electron chi connectivity index (χ3n) is 1.28. The molecule has 0 saturated heterocycles. The van der Waals surface area contributed by atoms with Crippen molar-refractivity contribution >= 4 is 12.6 Å². The summed E-state index contributed by atoms with van der Waals surface area (Å²) in [4.78, 5) is 0. The van der Waals surface area contributed by atoms with Crippen LogP contribution in [0.5, 0.6) is 0 Å². The highest BCUT2D eigenvalue weighted by molar-refractivity contribution is 7.80. The van der Waals surface area contributed by atoms with Gasteiger partial charge in [-0.05, 0) is 0 Å². The van der Waals surface area contributed by atoms with Gasteiger partial charge in [0.05, 0.1) is 5.92 Å². The van der Waals surface area contributed by atoms with Crippen LogP contribution < -0.4 is 0 Å². The van der Waals surface area contributed by atoms with Crippen LogP contribution in [-0.2, 0) is 0 Å². The lowest BCUT2D eigenvalue weighted by Gasteiger charge is -2.16. The van der Waals surface area contributed by atoms with E-state index in [1.807, 2.05) is 0 Å². The average molecular weight is 504 g/mol. The SMILES string of the molecule is FCC(CC(F)S)C(F)(F)F.FCC(F)(F)F.FCF.FCF.FCF.FCF. The minimum absolute atomic E-state index is 0.927. The number of hydrogen-bond donors (Lipinski definition) is 1. The number of hydrogen-bond acceptors (Lipinski definition) is 1. The van der Waals surface area contributed by atoms with Gasteiger partial charge >= 0.3 is 12.4 Å². The van der Waals surface area contributed by atoms with Gasteiger partial charge in [0, 0.05) is 6.42 Å². The zero-order chi connectivity index (χ0) is 25.1. The first kappa shape index (κ1) is 42.3. The third kappa shape index (κ3) is 85.7. The summed E-state index contributed by atoms with van der Waals surface area (Å²) in [7, 11) is 0. The average Bonchev–Trinajstić information content (AvgIpc) is 2.54. The van der Waals surface area contributed by atoms with E-state index in [1.54, 1.807) is 0 Å². The molecule has 0 rings (SSSR count). The fourth-order valence-corrected chi connectivity index (χ4v) is 0.773. The lowest BCUT2D eigenvalue weighted by atomic mass is 10.1. The van der Waals surface area contributed by atoms with Crippen molar-refractivity contribution in [3.05, 3.63) is 0 Å². The van der Waals surface area contributed by atoms with Gasteiger partial charge in [0.1, 0.15) is 12.2 Å². The van der Waals surface area contributed by atoms with E-state index in [9.17, 15) is 74.6 Å². The van der Waals surface area contributed by atoms with Crippen LogP contribution >= 0.6 is 12.6 Å². The second-order valence-corrected chi connectivity index (χ2v) is 3.78. The van der Waals surface area contributed by atoms with E-state index in [4.69, 9.17) is 0 Å². The second kappa shape index (κ2) is 31.8. The largest absolute Gasteiger partial charge is 0.416 e. The van der Waals surface area contributed by atoms with Crippen LogP contribution in [0, 0.1) is 5.92 Å². The van der Waals surface area contributed by atoms with Gasteiger partial charge in [0.2, 0.25) is 27.7 Å². The van der Waals surface area contributed by atoms with Crippen molar-refractivity contribution in [2.45, 2.75) is 24.3 Å². The maximum absolute atomic E-state index is 11.9. The van der Waals surface area contributed by atoms with Gasteiger partial charge < -0.3 is 0 Å². The fourth-order valence-electron chi connectivity index (χ4n) is 0.519. The lowest BCUT2D eigenvalue weighted by Crippen LogP contribution is -2.26. The van der Waals surface area contributed by atoms with Crippen molar-refractivity contribution in [3.63, 3.8) is 0 Å². The summed E-state index contributed by atoms with van der Waals surface area (Å²) in [6, 6.07) is 0. The predicted molar refractivity (Wildman–Crippen MR) is 74.4 cm³/mol. The molecule has 0 radical (unpaired) electrons. The molecule has 0 fully saturated rings. The maximum atomic E-state index is 11.9. The molecule has 0 N–H and O–H groups in total. The fraction of sp³-hybridized carbons (Fsp3) is 1.00. The van der Waals surface area contributed by atoms with E-state index >= 15 is 0 Å². The molecule has 2 unspecified atom stereocenters. The van der Waals surface area contributed by atoms with Crippen LogP contribution in [0.3, 0.4) is 0 Å². The molecule has 186 valence electrons. The van der Waals surface area contributed by atoms with Crippen molar-refractivity contribution in [1.29, 1.82) is 0 Å². The number of halogens is 17. The maximum Gasteiger partial charge on any atom is 0.416 e. The Morgan fingerprint density at radius 3 is 0.828 bits per heavy atom. The van der Waals surface area contributed by atoms with E-state index in [-0.39, 0.29) is 0 Å². The summed E-state index contributed by atoms with van der Waals surface area (Å²) in [6.07, 6.45) is -10.2. The molecule has 18 heteroatoms. The molecule has 0 aliphatic heterocycles. The smallest absolute Gasteiger partial charge is 0.250 e. The summed E-state index contributed by atoms with van der Waals surface area (Å²) >= 11 is 3.09. The highest BCUT2D eigenvalue weighted by Crippen LogP contribution is 2.31. The van der Waals surface area contributed by atoms with Crippen molar-refractivity contribution in [2.24, 2.45) is 5.92 Å². The van der Waals surface area contributed by atoms with Crippen molar-refractivity contribution < 1.29 is 74.6 Å². The molecule has 0 spiro atoms. The molecule has 29 heavy (non-hydrogen) atoms. The van der Waals surface area contributed by atoms with E-state index in [0.717, 1.165) is 0 Å². The topological polar surface area (TPSA) is 0 Å². The van der Waals surface area contributed by atoms with Gasteiger partial charge in [-0.2, -0.15) is 26.3 Å². The van der Waals surface area contributed by atoms with E-state index in [1.165, 1.54) is 0 Å². The van der Waals surface area contributed by atoms with Crippen molar-refractivity contribution in [2.75, 3.05) is 41.1 Å². The van der Waals surface area contributed by atoms with Gasteiger partial charge in [-0.15, -0.1) is 12.6 Å². The highest BCUT2D eigenvalue weighted by atomic mass is 32.1. The van der Waals surface area contributed by atoms with Crippen LogP contribution in [0.25, 0.3) is 0 Å². The molecule has 0 heterocycles. The van der Waals surface area contributed by atoms with Crippen LogP contribution in [0.4, 0.5) is 74.6 Å². The van der Waals surface area contributed by atoms with Crippen molar-refractivity contribution in [3.8, 4) is 0 Å². The molecule has 0 aromatic rings. The molecule has 0 bridgehead atoms. The predicted octanol–water partition coefficient (Wildman–Crippen LogP) is 7.80. The standard InChI is InChI=1S/C5H7F5S.C2H2F4.4CH2F2/c6-2-3(1-4(7)11)5(8,9)10;3-1-2(4,5)6;4*2-1-3/h3-4,11H,1-2H2;1H2;4*1H2.